The summed E-state index contributed by atoms with van der Waals surface area (Å²) in [6.45, 7) is 7.12. The summed E-state index contributed by atoms with van der Waals surface area (Å²) in [6.07, 6.45) is 5.69. The molecule has 1 fully saturated rings. The second-order valence-electron chi connectivity index (χ2n) is 4.84. The van der Waals surface area contributed by atoms with Gasteiger partial charge in [-0.1, -0.05) is 20.3 Å². The van der Waals surface area contributed by atoms with E-state index in [1.807, 2.05) is 6.92 Å². The van der Waals surface area contributed by atoms with Gasteiger partial charge in [-0.2, -0.15) is 0 Å². The van der Waals surface area contributed by atoms with Gasteiger partial charge in [0.25, 0.3) is 0 Å². The summed E-state index contributed by atoms with van der Waals surface area (Å²) in [5.74, 6) is 0.379. The van der Waals surface area contributed by atoms with Gasteiger partial charge in [0.2, 0.25) is 0 Å². The van der Waals surface area contributed by atoms with Crippen molar-refractivity contribution in [3.63, 3.8) is 0 Å². The maximum Gasteiger partial charge on any atom is 0.0646 e. The van der Waals surface area contributed by atoms with Crippen LogP contribution in [0.1, 0.15) is 52.9 Å². The number of ether oxygens (including phenoxy) is 1. The van der Waals surface area contributed by atoms with Gasteiger partial charge in [-0.3, -0.25) is 0 Å². The number of hydrogen-bond acceptors (Lipinski definition) is 2. The summed E-state index contributed by atoms with van der Waals surface area (Å²) < 4.78 is 5.55. The molecule has 3 atom stereocenters. The fourth-order valence-electron chi connectivity index (χ4n) is 2.01. The van der Waals surface area contributed by atoms with Gasteiger partial charge in [0, 0.05) is 6.61 Å². The molecule has 0 aliphatic carbocycles. The second kappa shape index (κ2) is 5.13. The predicted octanol–water partition coefficient (Wildman–Crippen LogP) is 2.74. The van der Waals surface area contributed by atoms with Crippen LogP contribution >= 0.6 is 0 Å². The highest BCUT2D eigenvalue weighted by Crippen LogP contribution is 2.28. The van der Waals surface area contributed by atoms with Crippen LogP contribution in [0.4, 0.5) is 0 Å². The first-order valence-electron chi connectivity index (χ1n) is 5.90. The maximum absolute atomic E-state index is 10.2. The molecule has 3 unspecified atom stereocenters. The SMILES string of the molecule is CCC(C)C(C)(O)CCC1CCCO1. The van der Waals surface area contributed by atoms with Gasteiger partial charge in [-0.05, 0) is 38.5 Å². The van der Waals surface area contributed by atoms with Gasteiger partial charge >= 0.3 is 0 Å². The minimum absolute atomic E-state index is 0.379. The van der Waals surface area contributed by atoms with Crippen LogP contribution in [0.25, 0.3) is 0 Å². The number of aliphatic hydroxyl groups is 1. The van der Waals surface area contributed by atoms with Crippen molar-refractivity contribution in [2.75, 3.05) is 6.61 Å². The summed E-state index contributed by atoms with van der Waals surface area (Å²) in [6, 6.07) is 0. The standard InChI is InChI=1S/C12H24O2/c1-4-10(2)12(3,13)8-7-11-6-5-9-14-11/h10-11,13H,4-9H2,1-3H3. The second-order valence-corrected chi connectivity index (χ2v) is 4.84. The first kappa shape index (κ1) is 12.0. The molecule has 2 nitrogen and oxygen atoms in total. The van der Waals surface area contributed by atoms with Crippen LogP contribution in [0, 0.1) is 5.92 Å². The van der Waals surface area contributed by atoms with Crippen molar-refractivity contribution in [2.45, 2.75) is 64.6 Å². The van der Waals surface area contributed by atoms with Crippen LogP contribution in [0.2, 0.25) is 0 Å². The lowest BCUT2D eigenvalue weighted by atomic mass is 9.84. The lowest BCUT2D eigenvalue weighted by Gasteiger charge is -2.30. The van der Waals surface area contributed by atoms with Crippen molar-refractivity contribution < 1.29 is 9.84 Å². The van der Waals surface area contributed by atoms with Gasteiger partial charge in [0.05, 0.1) is 11.7 Å². The van der Waals surface area contributed by atoms with Crippen LogP contribution < -0.4 is 0 Å². The van der Waals surface area contributed by atoms with E-state index in [1.54, 1.807) is 0 Å². The monoisotopic (exact) mass is 200 g/mol. The Morgan fingerprint density at radius 2 is 2.29 bits per heavy atom. The average molecular weight is 200 g/mol. The van der Waals surface area contributed by atoms with Crippen LogP contribution in [0.15, 0.2) is 0 Å². The molecule has 0 aromatic carbocycles. The Morgan fingerprint density at radius 3 is 2.79 bits per heavy atom. The normalized spacial score (nSPS) is 28.7. The van der Waals surface area contributed by atoms with Crippen molar-refractivity contribution in [3.8, 4) is 0 Å². The van der Waals surface area contributed by atoms with E-state index >= 15 is 0 Å². The lowest BCUT2D eigenvalue weighted by molar-refractivity contribution is -0.0179. The molecule has 0 bridgehead atoms. The molecule has 1 heterocycles. The molecule has 0 aromatic heterocycles. The van der Waals surface area contributed by atoms with Gasteiger partial charge in [0.1, 0.15) is 0 Å². The van der Waals surface area contributed by atoms with E-state index in [4.69, 9.17) is 4.74 Å². The topological polar surface area (TPSA) is 29.5 Å². The van der Waals surface area contributed by atoms with Crippen LogP contribution in [-0.4, -0.2) is 23.4 Å². The molecule has 1 saturated heterocycles. The van der Waals surface area contributed by atoms with E-state index in [0.717, 1.165) is 25.9 Å². The first-order chi connectivity index (χ1) is 6.56. The summed E-state index contributed by atoms with van der Waals surface area (Å²) in [5, 5.41) is 10.2. The Hall–Kier alpha value is -0.0800. The van der Waals surface area contributed by atoms with Crippen molar-refractivity contribution in [1.29, 1.82) is 0 Å². The third-order valence-corrected chi connectivity index (χ3v) is 3.67. The van der Waals surface area contributed by atoms with E-state index in [9.17, 15) is 5.11 Å². The zero-order valence-corrected chi connectivity index (χ0v) is 9.75. The third kappa shape index (κ3) is 3.25. The number of hydrogen-bond donors (Lipinski definition) is 1. The van der Waals surface area contributed by atoms with Crippen molar-refractivity contribution in [1.82, 2.24) is 0 Å². The van der Waals surface area contributed by atoms with Crippen LogP contribution in [-0.2, 0) is 4.74 Å². The predicted molar refractivity (Wildman–Crippen MR) is 58.3 cm³/mol. The molecule has 1 aliphatic rings. The number of rotatable bonds is 5. The maximum atomic E-state index is 10.2. The quantitative estimate of drug-likeness (QED) is 0.739. The zero-order chi connectivity index (χ0) is 10.6. The molecule has 14 heavy (non-hydrogen) atoms. The average Bonchev–Trinajstić information content (AvgIpc) is 2.66. The Labute approximate surface area is 87.7 Å². The molecule has 2 heteroatoms. The molecule has 0 amide bonds. The highest BCUT2D eigenvalue weighted by molar-refractivity contribution is 4.80. The fourth-order valence-corrected chi connectivity index (χ4v) is 2.01. The van der Waals surface area contributed by atoms with Gasteiger partial charge in [0.15, 0.2) is 0 Å². The van der Waals surface area contributed by atoms with Gasteiger partial charge < -0.3 is 9.84 Å². The molecular formula is C12H24O2. The first-order valence-corrected chi connectivity index (χ1v) is 5.90. The van der Waals surface area contributed by atoms with Crippen LogP contribution in [0.5, 0.6) is 0 Å². The third-order valence-electron chi connectivity index (χ3n) is 3.67. The highest BCUT2D eigenvalue weighted by atomic mass is 16.5. The Morgan fingerprint density at radius 1 is 1.57 bits per heavy atom. The van der Waals surface area contributed by atoms with Gasteiger partial charge in [-0.15, -0.1) is 0 Å². The minimum atomic E-state index is -0.513. The largest absolute Gasteiger partial charge is 0.390 e. The fraction of sp³-hybridized carbons (Fsp3) is 1.00. The Bertz CT molecular complexity index is 160. The van der Waals surface area contributed by atoms with Crippen molar-refractivity contribution in [2.24, 2.45) is 5.92 Å². The highest BCUT2D eigenvalue weighted by Gasteiger charge is 2.28. The smallest absolute Gasteiger partial charge is 0.0646 e. The lowest BCUT2D eigenvalue weighted by Crippen LogP contribution is -2.33. The Kier molecular flexibility index (Phi) is 4.39. The molecule has 1 N–H and O–H groups in total. The Balaban J connectivity index is 2.27. The zero-order valence-electron chi connectivity index (χ0n) is 9.75. The van der Waals surface area contributed by atoms with Crippen molar-refractivity contribution >= 4 is 0 Å². The van der Waals surface area contributed by atoms with E-state index in [2.05, 4.69) is 13.8 Å². The van der Waals surface area contributed by atoms with E-state index < -0.39 is 5.60 Å². The summed E-state index contributed by atoms with van der Waals surface area (Å²) in [4.78, 5) is 0. The molecular weight excluding hydrogens is 176 g/mol. The summed E-state index contributed by atoms with van der Waals surface area (Å²) in [5.41, 5.74) is -0.513. The minimum Gasteiger partial charge on any atom is -0.390 e. The van der Waals surface area contributed by atoms with E-state index in [-0.39, 0.29) is 0 Å². The molecule has 0 radical (unpaired) electrons. The summed E-state index contributed by atoms with van der Waals surface area (Å²) >= 11 is 0. The molecule has 1 aliphatic heterocycles. The molecule has 1 rings (SSSR count). The van der Waals surface area contributed by atoms with E-state index in [0.29, 0.717) is 12.0 Å². The molecule has 0 saturated carbocycles. The molecule has 84 valence electrons. The molecule has 0 aromatic rings. The van der Waals surface area contributed by atoms with Gasteiger partial charge in [-0.25, -0.2) is 0 Å². The van der Waals surface area contributed by atoms with Crippen molar-refractivity contribution in [3.05, 3.63) is 0 Å². The van der Waals surface area contributed by atoms with Crippen LogP contribution in [0.3, 0.4) is 0 Å². The molecule has 0 spiro atoms. The van der Waals surface area contributed by atoms with E-state index in [1.165, 1.54) is 12.8 Å². The summed E-state index contributed by atoms with van der Waals surface area (Å²) in [7, 11) is 0.